The molecular weight excluding hydrogens is 214 g/mol. The van der Waals surface area contributed by atoms with Crippen LogP contribution in [0, 0.1) is 5.41 Å². The topological polar surface area (TPSA) is 38.3 Å². The second-order valence-corrected chi connectivity index (χ2v) is 4.65. The lowest BCUT2D eigenvalue weighted by Crippen LogP contribution is -2.33. The SMILES string of the molecule is CCCOCC(=O)NCC1(CCCl)CC1. The standard InChI is InChI=1S/C11H20ClNO2/c1-2-7-15-8-10(14)13-9-11(3-4-11)5-6-12/h2-9H2,1H3,(H,13,14). The first kappa shape index (κ1) is 12.8. The van der Waals surface area contributed by atoms with Crippen LogP contribution in [0.5, 0.6) is 0 Å². The highest BCUT2D eigenvalue weighted by atomic mass is 35.5. The molecule has 88 valence electrons. The van der Waals surface area contributed by atoms with Gasteiger partial charge in [0, 0.05) is 19.0 Å². The van der Waals surface area contributed by atoms with Crippen molar-refractivity contribution >= 4 is 17.5 Å². The minimum atomic E-state index is -0.00991. The molecule has 1 aliphatic carbocycles. The molecule has 0 aromatic carbocycles. The number of rotatable bonds is 8. The van der Waals surface area contributed by atoms with Gasteiger partial charge in [-0.1, -0.05) is 6.92 Å². The van der Waals surface area contributed by atoms with E-state index in [1.807, 2.05) is 6.92 Å². The molecule has 0 aliphatic heterocycles. The minimum Gasteiger partial charge on any atom is -0.372 e. The first-order valence-corrected chi connectivity index (χ1v) is 6.16. The molecule has 0 saturated heterocycles. The molecule has 0 bridgehead atoms. The van der Waals surface area contributed by atoms with Crippen molar-refractivity contribution < 1.29 is 9.53 Å². The lowest BCUT2D eigenvalue weighted by Gasteiger charge is -2.14. The summed E-state index contributed by atoms with van der Waals surface area (Å²) in [5.41, 5.74) is 0.308. The molecule has 1 aliphatic rings. The molecule has 0 heterocycles. The van der Waals surface area contributed by atoms with Crippen LogP contribution < -0.4 is 5.32 Å². The second-order valence-electron chi connectivity index (χ2n) is 4.27. The van der Waals surface area contributed by atoms with Gasteiger partial charge in [0.2, 0.25) is 5.91 Å². The Labute approximate surface area is 96.5 Å². The van der Waals surface area contributed by atoms with Crippen molar-refractivity contribution in [3.05, 3.63) is 0 Å². The number of carbonyl (C=O) groups is 1. The van der Waals surface area contributed by atoms with E-state index >= 15 is 0 Å². The van der Waals surface area contributed by atoms with E-state index in [9.17, 15) is 4.79 Å². The zero-order chi connectivity index (χ0) is 11.1. The fourth-order valence-electron chi connectivity index (χ4n) is 1.54. The normalized spacial score (nSPS) is 17.5. The van der Waals surface area contributed by atoms with Gasteiger partial charge in [-0.05, 0) is 31.1 Å². The number of carbonyl (C=O) groups excluding carboxylic acids is 1. The van der Waals surface area contributed by atoms with Gasteiger partial charge in [-0.2, -0.15) is 0 Å². The van der Waals surface area contributed by atoms with Crippen molar-refractivity contribution in [3.8, 4) is 0 Å². The van der Waals surface area contributed by atoms with Gasteiger partial charge < -0.3 is 10.1 Å². The summed E-state index contributed by atoms with van der Waals surface area (Å²) in [6.45, 7) is 3.62. The number of nitrogens with one attached hydrogen (secondary N) is 1. The molecule has 1 amide bonds. The quantitative estimate of drug-likeness (QED) is 0.514. The maximum absolute atomic E-state index is 11.3. The molecule has 0 unspecified atom stereocenters. The summed E-state index contributed by atoms with van der Waals surface area (Å²) in [6.07, 6.45) is 4.33. The van der Waals surface area contributed by atoms with Gasteiger partial charge in [0.1, 0.15) is 6.61 Å². The van der Waals surface area contributed by atoms with Gasteiger partial charge in [-0.3, -0.25) is 4.79 Å². The molecule has 0 aromatic heterocycles. The number of amides is 1. The van der Waals surface area contributed by atoms with Gasteiger partial charge in [0.25, 0.3) is 0 Å². The van der Waals surface area contributed by atoms with E-state index in [-0.39, 0.29) is 12.5 Å². The average Bonchev–Trinajstić information content (AvgIpc) is 2.97. The van der Waals surface area contributed by atoms with E-state index in [1.54, 1.807) is 0 Å². The van der Waals surface area contributed by atoms with Gasteiger partial charge in [0.15, 0.2) is 0 Å². The van der Waals surface area contributed by atoms with E-state index in [2.05, 4.69) is 5.32 Å². The third-order valence-electron chi connectivity index (χ3n) is 2.82. The Morgan fingerprint density at radius 1 is 1.53 bits per heavy atom. The van der Waals surface area contributed by atoms with E-state index in [1.165, 1.54) is 12.8 Å². The molecule has 1 saturated carbocycles. The zero-order valence-corrected chi connectivity index (χ0v) is 10.1. The average molecular weight is 234 g/mol. The Morgan fingerprint density at radius 3 is 2.80 bits per heavy atom. The number of hydrogen-bond acceptors (Lipinski definition) is 2. The Balaban J connectivity index is 2.06. The molecule has 1 N–H and O–H groups in total. The molecule has 0 atom stereocenters. The number of hydrogen-bond donors (Lipinski definition) is 1. The molecule has 1 fully saturated rings. The molecule has 0 aromatic rings. The Hall–Kier alpha value is -0.280. The summed E-state index contributed by atoms with van der Waals surface area (Å²) in [5, 5.41) is 2.91. The van der Waals surface area contributed by atoms with E-state index in [0.717, 1.165) is 19.4 Å². The maximum Gasteiger partial charge on any atom is 0.246 e. The van der Waals surface area contributed by atoms with Crippen molar-refractivity contribution in [1.82, 2.24) is 5.32 Å². The lowest BCUT2D eigenvalue weighted by atomic mass is 10.0. The highest BCUT2D eigenvalue weighted by molar-refractivity contribution is 6.17. The predicted octanol–water partition coefficient (Wildman–Crippen LogP) is 1.94. The lowest BCUT2D eigenvalue weighted by molar-refractivity contribution is -0.125. The third kappa shape index (κ3) is 4.85. The smallest absolute Gasteiger partial charge is 0.246 e. The van der Waals surface area contributed by atoms with Crippen LogP contribution in [0.15, 0.2) is 0 Å². The van der Waals surface area contributed by atoms with Crippen molar-refractivity contribution in [2.24, 2.45) is 5.41 Å². The van der Waals surface area contributed by atoms with Crippen LogP contribution in [0.2, 0.25) is 0 Å². The highest BCUT2D eigenvalue weighted by Gasteiger charge is 2.41. The first-order chi connectivity index (χ1) is 7.22. The second kappa shape index (κ2) is 6.33. The number of ether oxygens (including phenoxy) is 1. The molecule has 1 rings (SSSR count). The van der Waals surface area contributed by atoms with Crippen LogP contribution in [-0.4, -0.2) is 31.5 Å². The summed E-state index contributed by atoms with van der Waals surface area (Å²) in [4.78, 5) is 11.3. The molecular formula is C11H20ClNO2. The van der Waals surface area contributed by atoms with E-state index < -0.39 is 0 Å². The van der Waals surface area contributed by atoms with Gasteiger partial charge in [0.05, 0.1) is 0 Å². The van der Waals surface area contributed by atoms with Crippen LogP contribution >= 0.6 is 11.6 Å². The van der Waals surface area contributed by atoms with Crippen LogP contribution in [0.1, 0.15) is 32.6 Å². The summed E-state index contributed by atoms with van der Waals surface area (Å²) >= 11 is 5.71. The van der Waals surface area contributed by atoms with E-state index in [4.69, 9.17) is 16.3 Å². The van der Waals surface area contributed by atoms with Crippen LogP contribution in [-0.2, 0) is 9.53 Å². The Bertz CT molecular complexity index is 205. The van der Waals surface area contributed by atoms with E-state index in [0.29, 0.717) is 17.9 Å². The maximum atomic E-state index is 11.3. The van der Waals surface area contributed by atoms with Gasteiger partial charge >= 0.3 is 0 Å². The van der Waals surface area contributed by atoms with Crippen LogP contribution in [0.25, 0.3) is 0 Å². The summed E-state index contributed by atoms with van der Waals surface area (Å²) in [7, 11) is 0. The molecule has 0 spiro atoms. The fourth-order valence-corrected chi connectivity index (χ4v) is 1.94. The molecule has 15 heavy (non-hydrogen) atoms. The largest absolute Gasteiger partial charge is 0.372 e. The third-order valence-corrected chi connectivity index (χ3v) is 3.01. The van der Waals surface area contributed by atoms with Gasteiger partial charge in [-0.25, -0.2) is 0 Å². The molecule has 3 nitrogen and oxygen atoms in total. The summed E-state index contributed by atoms with van der Waals surface area (Å²) in [6, 6.07) is 0. The summed E-state index contributed by atoms with van der Waals surface area (Å²) < 4.78 is 5.15. The summed E-state index contributed by atoms with van der Waals surface area (Å²) in [5.74, 6) is 0.673. The Morgan fingerprint density at radius 2 is 2.27 bits per heavy atom. The van der Waals surface area contributed by atoms with Crippen molar-refractivity contribution in [3.63, 3.8) is 0 Å². The van der Waals surface area contributed by atoms with Crippen LogP contribution in [0.4, 0.5) is 0 Å². The van der Waals surface area contributed by atoms with Crippen molar-refractivity contribution in [2.45, 2.75) is 32.6 Å². The number of halogens is 1. The van der Waals surface area contributed by atoms with Crippen molar-refractivity contribution in [2.75, 3.05) is 25.6 Å². The highest BCUT2D eigenvalue weighted by Crippen LogP contribution is 2.48. The first-order valence-electron chi connectivity index (χ1n) is 5.63. The van der Waals surface area contributed by atoms with Crippen molar-refractivity contribution in [1.29, 1.82) is 0 Å². The predicted molar refractivity (Wildman–Crippen MR) is 61.1 cm³/mol. The zero-order valence-electron chi connectivity index (χ0n) is 9.35. The molecule has 4 heteroatoms. The molecule has 0 radical (unpaired) electrons. The van der Waals surface area contributed by atoms with Crippen LogP contribution in [0.3, 0.4) is 0 Å². The Kier molecular flexibility index (Phi) is 5.40. The monoisotopic (exact) mass is 233 g/mol. The fraction of sp³-hybridized carbons (Fsp3) is 0.909. The number of alkyl halides is 1. The minimum absolute atomic E-state index is 0.00991. The van der Waals surface area contributed by atoms with Gasteiger partial charge in [-0.15, -0.1) is 11.6 Å².